The Labute approximate surface area is 152 Å². The van der Waals surface area contributed by atoms with Gasteiger partial charge in [-0.15, -0.1) is 0 Å². The van der Waals surface area contributed by atoms with E-state index in [4.69, 9.17) is 21.4 Å². The summed E-state index contributed by atoms with van der Waals surface area (Å²) in [7, 11) is 0. The second-order valence-corrected chi connectivity index (χ2v) is 7.01. The number of likely N-dealkylation sites (tertiary alicyclic amines) is 1. The van der Waals surface area contributed by atoms with Crippen molar-refractivity contribution in [3.63, 3.8) is 0 Å². The van der Waals surface area contributed by atoms with Crippen LogP contribution in [0.4, 0.5) is 0 Å². The maximum Gasteiger partial charge on any atom is 0.317 e. The van der Waals surface area contributed by atoms with Gasteiger partial charge in [0.2, 0.25) is 0 Å². The van der Waals surface area contributed by atoms with Crippen molar-refractivity contribution >= 4 is 23.5 Å². The molecule has 0 aliphatic carbocycles. The molecule has 0 spiro atoms. The lowest BCUT2D eigenvalue weighted by atomic mass is 10.0. The number of benzene rings is 1. The molecule has 1 atom stereocenters. The Balaban J connectivity index is 1.55. The molecule has 0 saturated carbocycles. The van der Waals surface area contributed by atoms with Crippen molar-refractivity contribution in [2.75, 3.05) is 26.2 Å². The van der Waals surface area contributed by atoms with Gasteiger partial charge in [-0.1, -0.05) is 18.5 Å². The molecular formula is C18H23ClN2O4. The zero-order chi connectivity index (χ0) is 18.0. The number of hydrogen-bond donors (Lipinski definition) is 1. The molecule has 1 amide bonds. The number of amides is 1. The summed E-state index contributed by atoms with van der Waals surface area (Å²) >= 11 is 6.00. The Morgan fingerprint density at radius 1 is 1.36 bits per heavy atom. The first-order valence-corrected chi connectivity index (χ1v) is 9.05. The third-order valence-corrected chi connectivity index (χ3v) is 5.24. The van der Waals surface area contributed by atoms with E-state index in [0.717, 1.165) is 24.2 Å². The quantitative estimate of drug-likeness (QED) is 0.863. The molecule has 0 radical (unpaired) electrons. The van der Waals surface area contributed by atoms with Gasteiger partial charge >= 0.3 is 5.97 Å². The van der Waals surface area contributed by atoms with Crippen LogP contribution >= 0.6 is 11.6 Å². The number of carbonyl (C=O) groups excluding carboxylic acids is 1. The molecular weight excluding hydrogens is 344 g/mol. The third-order valence-electron chi connectivity index (χ3n) is 5.01. The molecule has 0 bridgehead atoms. The fourth-order valence-corrected chi connectivity index (χ4v) is 3.88. The van der Waals surface area contributed by atoms with Crippen LogP contribution in [0, 0.1) is 0 Å². The predicted octanol–water partition coefficient (Wildman–Crippen LogP) is 2.04. The minimum absolute atomic E-state index is 0.00653. The topological polar surface area (TPSA) is 70.1 Å². The molecule has 1 N–H and O–H groups in total. The molecule has 2 heterocycles. The predicted molar refractivity (Wildman–Crippen MR) is 94.1 cm³/mol. The van der Waals surface area contributed by atoms with Gasteiger partial charge in [0.25, 0.3) is 5.91 Å². The summed E-state index contributed by atoms with van der Waals surface area (Å²) in [5.41, 5.74) is 0.972. The summed E-state index contributed by atoms with van der Waals surface area (Å²) in [6.07, 6.45) is 1.65. The van der Waals surface area contributed by atoms with Crippen molar-refractivity contribution in [2.24, 2.45) is 0 Å². The maximum atomic E-state index is 12.7. The van der Waals surface area contributed by atoms with Crippen molar-refractivity contribution in [1.82, 2.24) is 9.80 Å². The first kappa shape index (κ1) is 18.0. The second-order valence-electron chi connectivity index (χ2n) is 6.58. The van der Waals surface area contributed by atoms with Crippen LogP contribution < -0.4 is 4.74 Å². The van der Waals surface area contributed by atoms with Gasteiger partial charge in [0, 0.05) is 30.6 Å². The zero-order valence-electron chi connectivity index (χ0n) is 14.3. The van der Waals surface area contributed by atoms with Crippen molar-refractivity contribution in [3.05, 3.63) is 28.8 Å². The van der Waals surface area contributed by atoms with Crippen molar-refractivity contribution in [1.29, 1.82) is 0 Å². The number of ether oxygens (including phenoxy) is 1. The Morgan fingerprint density at radius 2 is 2.08 bits per heavy atom. The van der Waals surface area contributed by atoms with Crippen LogP contribution in [-0.4, -0.2) is 65.1 Å². The number of likely N-dealkylation sites (N-methyl/N-ethyl adjacent to an activating group) is 1. The highest BCUT2D eigenvalue weighted by Gasteiger charge is 2.35. The number of fused-ring (bicyclic) bond motifs is 1. The lowest BCUT2D eigenvalue weighted by Crippen LogP contribution is -2.50. The molecule has 1 aromatic carbocycles. The van der Waals surface area contributed by atoms with E-state index >= 15 is 0 Å². The van der Waals surface area contributed by atoms with E-state index in [-0.39, 0.29) is 18.5 Å². The van der Waals surface area contributed by atoms with Crippen LogP contribution in [-0.2, 0) is 16.0 Å². The standard InChI is InChI=1S/C18H23ClN2O4/c1-2-20(11-17(22)23)14-5-7-21(8-6-14)18(24)16-10-12-9-13(19)3-4-15(12)25-16/h3-4,9,14,16H,2,5-8,10-11H2,1H3,(H,22,23). The average Bonchev–Trinajstić information content (AvgIpc) is 3.02. The lowest BCUT2D eigenvalue weighted by molar-refractivity contribution is -0.142. The molecule has 1 saturated heterocycles. The fourth-order valence-electron chi connectivity index (χ4n) is 3.68. The van der Waals surface area contributed by atoms with Crippen LogP contribution in [0.1, 0.15) is 25.3 Å². The number of hydrogen-bond acceptors (Lipinski definition) is 4. The largest absolute Gasteiger partial charge is 0.480 e. The Bertz CT molecular complexity index is 658. The van der Waals surface area contributed by atoms with E-state index in [9.17, 15) is 9.59 Å². The fraction of sp³-hybridized carbons (Fsp3) is 0.556. The summed E-state index contributed by atoms with van der Waals surface area (Å²) in [4.78, 5) is 27.5. The summed E-state index contributed by atoms with van der Waals surface area (Å²) in [6, 6.07) is 5.63. The average molecular weight is 367 g/mol. The van der Waals surface area contributed by atoms with Gasteiger partial charge in [-0.3, -0.25) is 14.5 Å². The van der Waals surface area contributed by atoms with Crippen molar-refractivity contribution < 1.29 is 19.4 Å². The highest BCUT2D eigenvalue weighted by molar-refractivity contribution is 6.30. The van der Waals surface area contributed by atoms with Gasteiger partial charge in [0.05, 0.1) is 6.54 Å². The van der Waals surface area contributed by atoms with Crippen LogP contribution in [0.25, 0.3) is 0 Å². The number of carboxylic acid groups (broad SMARTS) is 1. The van der Waals surface area contributed by atoms with Crippen LogP contribution in [0.2, 0.25) is 5.02 Å². The van der Waals surface area contributed by atoms with Crippen LogP contribution in [0.3, 0.4) is 0 Å². The third kappa shape index (κ3) is 4.07. The first-order chi connectivity index (χ1) is 12.0. The molecule has 25 heavy (non-hydrogen) atoms. The summed E-state index contributed by atoms with van der Waals surface area (Å²) in [5, 5.41) is 9.65. The van der Waals surface area contributed by atoms with Gasteiger partial charge in [-0.05, 0) is 43.1 Å². The molecule has 3 rings (SSSR count). The number of carbonyl (C=O) groups is 2. The van der Waals surface area contributed by atoms with E-state index in [0.29, 0.717) is 31.1 Å². The number of halogens is 1. The molecule has 2 aliphatic rings. The summed E-state index contributed by atoms with van der Waals surface area (Å²) in [5.74, 6) is -0.0700. The number of carboxylic acids is 1. The SMILES string of the molecule is CCN(CC(=O)O)C1CCN(C(=O)C2Cc3cc(Cl)ccc3O2)CC1. The van der Waals surface area contributed by atoms with E-state index in [1.165, 1.54) is 0 Å². The highest BCUT2D eigenvalue weighted by atomic mass is 35.5. The van der Waals surface area contributed by atoms with Gasteiger partial charge in [0.1, 0.15) is 5.75 Å². The molecule has 6 nitrogen and oxygen atoms in total. The highest BCUT2D eigenvalue weighted by Crippen LogP contribution is 2.32. The second kappa shape index (κ2) is 7.62. The molecule has 1 unspecified atom stereocenters. The van der Waals surface area contributed by atoms with Gasteiger partial charge in [0.15, 0.2) is 6.10 Å². The molecule has 7 heteroatoms. The monoisotopic (exact) mass is 366 g/mol. The first-order valence-electron chi connectivity index (χ1n) is 8.67. The number of piperidine rings is 1. The minimum atomic E-state index is -0.809. The number of rotatable bonds is 5. The molecule has 1 fully saturated rings. The van der Waals surface area contributed by atoms with Gasteiger partial charge in [-0.2, -0.15) is 0 Å². The van der Waals surface area contributed by atoms with Crippen molar-refractivity contribution in [2.45, 2.75) is 38.3 Å². The van der Waals surface area contributed by atoms with E-state index < -0.39 is 12.1 Å². The van der Waals surface area contributed by atoms with E-state index in [2.05, 4.69) is 0 Å². The molecule has 2 aliphatic heterocycles. The number of aliphatic carboxylic acids is 1. The Kier molecular flexibility index (Phi) is 5.49. The van der Waals surface area contributed by atoms with Gasteiger partial charge in [-0.25, -0.2) is 0 Å². The smallest absolute Gasteiger partial charge is 0.317 e. The van der Waals surface area contributed by atoms with E-state index in [1.807, 2.05) is 28.9 Å². The Morgan fingerprint density at radius 3 is 2.72 bits per heavy atom. The summed E-state index contributed by atoms with van der Waals surface area (Å²) in [6.45, 7) is 3.99. The number of nitrogens with zero attached hydrogens (tertiary/aromatic N) is 2. The lowest BCUT2D eigenvalue weighted by Gasteiger charge is -2.38. The normalized spacial score (nSPS) is 20.4. The minimum Gasteiger partial charge on any atom is -0.480 e. The van der Waals surface area contributed by atoms with Gasteiger partial charge < -0.3 is 14.7 Å². The zero-order valence-corrected chi connectivity index (χ0v) is 15.0. The maximum absolute atomic E-state index is 12.7. The molecule has 1 aromatic rings. The van der Waals surface area contributed by atoms with Crippen molar-refractivity contribution in [3.8, 4) is 5.75 Å². The molecule has 0 aromatic heterocycles. The van der Waals surface area contributed by atoms with Crippen LogP contribution in [0.15, 0.2) is 18.2 Å². The summed E-state index contributed by atoms with van der Waals surface area (Å²) < 4.78 is 5.79. The van der Waals surface area contributed by atoms with E-state index in [1.54, 1.807) is 6.07 Å². The van der Waals surface area contributed by atoms with Crippen LogP contribution in [0.5, 0.6) is 5.75 Å². The Hall–Kier alpha value is -1.79. The molecule has 136 valence electrons.